The van der Waals surface area contributed by atoms with Crippen molar-refractivity contribution in [3.63, 3.8) is 0 Å². The molecule has 1 heterocycles. The second-order valence-corrected chi connectivity index (χ2v) is 7.52. The van der Waals surface area contributed by atoms with Gasteiger partial charge in [0.1, 0.15) is 6.10 Å². The van der Waals surface area contributed by atoms with Crippen molar-refractivity contribution in [3.8, 4) is 0 Å². The van der Waals surface area contributed by atoms with Gasteiger partial charge in [0.25, 0.3) is 0 Å². The van der Waals surface area contributed by atoms with Crippen molar-refractivity contribution in [2.75, 3.05) is 39.5 Å². The number of nitrogens with zero attached hydrogens (tertiary/aromatic N) is 1. The number of nitrogens with one attached hydrogen (secondary N) is 1. The van der Waals surface area contributed by atoms with Gasteiger partial charge in [-0.1, -0.05) is 43.7 Å². The van der Waals surface area contributed by atoms with Gasteiger partial charge in [0.05, 0.1) is 19.3 Å². The molecular weight excluding hydrogens is 328 g/mol. The summed E-state index contributed by atoms with van der Waals surface area (Å²) in [6.07, 6.45) is 0.550. The van der Waals surface area contributed by atoms with Gasteiger partial charge in [-0.05, 0) is 31.7 Å². The molecule has 1 N–H and O–H groups in total. The first kappa shape index (κ1) is 20.9. The quantitative estimate of drug-likeness (QED) is 0.734. The number of benzene rings is 1. The lowest BCUT2D eigenvalue weighted by Crippen LogP contribution is -2.45. The molecular formula is C21H34N2O3. The van der Waals surface area contributed by atoms with Crippen LogP contribution in [-0.2, 0) is 14.3 Å². The molecule has 5 heteroatoms. The van der Waals surface area contributed by atoms with Gasteiger partial charge in [0.2, 0.25) is 5.91 Å². The lowest BCUT2D eigenvalue weighted by atomic mass is 10.0. The molecule has 2 rings (SSSR count). The first-order valence-corrected chi connectivity index (χ1v) is 9.75. The van der Waals surface area contributed by atoms with Crippen molar-refractivity contribution < 1.29 is 14.3 Å². The second kappa shape index (κ2) is 10.7. The molecule has 1 aliphatic rings. The molecule has 0 aliphatic carbocycles. The van der Waals surface area contributed by atoms with Crippen LogP contribution in [0.2, 0.25) is 0 Å². The average molecular weight is 363 g/mol. The van der Waals surface area contributed by atoms with Crippen LogP contribution in [-0.4, -0.2) is 56.4 Å². The molecule has 1 aliphatic heterocycles. The maximum atomic E-state index is 12.4. The fraction of sp³-hybridized carbons (Fsp3) is 0.667. The van der Waals surface area contributed by atoms with E-state index in [1.54, 1.807) is 0 Å². The van der Waals surface area contributed by atoms with Gasteiger partial charge in [0.15, 0.2) is 0 Å². The highest BCUT2D eigenvalue weighted by Gasteiger charge is 2.24. The molecule has 1 aromatic rings. The molecule has 1 amide bonds. The highest BCUT2D eigenvalue weighted by molar-refractivity contribution is 5.80. The molecule has 1 aromatic carbocycles. The second-order valence-electron chi connectivity index (χ2n) is 7.52. The van der Waals surface area contributed by atoms with Crippen molar-refractivity contribution in [2.24, 2.45) is 5.92 Å². The highest BCUT2D eigenvalue weighted by atomic mass is 16.5. The van der Waals surface area contributed by atoms with E-state index in [2.05, 4.69) is 55.3 Å². The number of ether oxygens (including phenoxy) is 2. The summed E-state index contributed by atoms with van der Waals surface area (Å²) in [6, 6.07) is 8.73. The monoisotopic (exact) mass is 362 g/mol. The molecule has 26 heavy (non-hydrogen) atoms. The zero-order valence-corrected chi connectivity index (χ0v) is 16.7. The lowest BCUT2D eigenvalue weighted by Gasteiger charge is -2.35. The maximum Gasteiger partial charge on any atom is 0.248 e. The van der Waals surface area contributed by atoms with Crippen LogP contribution in [0.3, 0.4) is 0 Å². The van der Waals surface area contributed by atoms with E-state index < -0.39 is 6.10 Å². The molecule has 2 atom stereocenters. The number of carbonyl (C=O) groups excluding carboxylic acids is 1. The third-order valence-electron chi connectivity index (χ3n) is 4.85. The molecule has 5 nitrogen and oxygen atoms in total. The molecule has 1 fully saturated rings. The molecule has 2 unspecified atom stereocenters. The van der Waals surface area contributed by atoms with E-state index >= 15 is 0 Å². The summed E-state index contributed by atoms with van der Waals surface area (Å²) >= 11 is 0. The Morgan fingerprint density at radius 1 is 1.19 bits per heavy atom. The molecule has 146 valence electrons. The van der Waals surface area contributed by atoms with Crippen LogP contribution < -0.4 is 5.32 Å². The summed E-state index contributed by atoms with van der Waals surface area (Å²) in [4.78, 5) is 14.8. The number of aryl methyl sites for hydroxylation is 1. The zero-order valence-electron chi connectivity index (χ0n) is 16.7. The predicted octanol–water partition coefficient (Wildman–Crippen LogP) is 2.94. The van der Waals surface area contributed by atoms with E-state index in [1.165, 1.54) is 11.1 Å². The summed E-state index contributed by atoms with van der Waals surface area (Å²) in [5, 5.41) is 3.08. The fourth-order valence-electron chi connectivity index (χ4n) is 3.03. The molecule has 0 aromatic heterocycles. The van der Waals surface area contributed by atoms with Crippen LogP contribution in [0.5, 0.6) is 0 Å². The minimum atomic E-state index is -0.419. The molecule has 0 saturated carbocycles. The highest BCUT2D eigenvalue weighted by Crippen LogP contribution is 2.22. The number of amides is 1. The van der Waals surface area contributed by atoms with Crippen molar-refractivity contribution in [1.82, 2.24) is 10.2 Å². The Morgan fingerprint density at radius 2 is 1.85 bits per heavy atom. The largest absolute Gasteiger partial charge is 0.379 e. The van der Waals surface area contributed by atoms with Crippen LogP contribution >= 0.6 is 0 Å². The van der Waals surface area contributed by atoms with Gasteiger partial charge in [0, 0.05) is 26.2 Å². The number of hydrogen-bond acceptors (Lipinski definition) is 4. The normalized spacial score (nSPS) is 17.9. The molecule has 0 bridgehead atoms. The van der Waals surface area contributed by atoms with Gasteiger partial charge < -0.3 is 14.8 Å². The van der Waals surface area contributed by atoms with Crippen molar-refractivity contribution in [3.05, 3.63) is 35.4 Å². The first-order valence-electron chi connectivity index (χ1n) is 9.75. The van der Waals surface area contributed by atoms with E-state index in [9.17, 15) is 4.79 Å². The fourth-order valence-corrected chi connectivity index (χ4v) is 3.03. The standard InChI is InChI=1S/C21H34N2O3/c1-16(2)9-12-26-18(4)21(24)22-15-20(23-10-13-25-14-11-23)19-7-5-17(3)6-8-19/h5-8,16,18,20H,9-15H2,1-4H3,(H,22,24). The SMILES string of the molecule is Cc1ccc(C(CNC(=O)C(C)OCCC(C)C)N2CCOCC2)cc1. The van der Waals surface area contributed by atoms with E-state index in [-0.39, 0.29) is 11.9 Å². The Hall–Kier alpha value is -1.43. The van der Waals surface area contributed by atoms with Crippen LogP contribution in [0.1, 0.15) is 44.4 Å². The van der Waals surface area contributed by atoms with Gasteiger partial charge in [-0.3, -0.25) is 9.69 Å². The van der Waals surface area contributed by atoms with Gasteiger partial charge >= 0.3 is 0 Å². The number of morpholine rings is 1. The summed E-state index contributed by atoms with van der Waals surface area (Å²) in [7, 11) is 0. The topological polar surface area (TPSA) is 50.8 Å². The molecule has 0 radical (unpaired) electrons. The third-order valence-corrected chi connectivity index (χ3v) is 4.85. The van der Waals surface area contributed by atoms with E-state index in [0.717, 1.165) is 32.7 Å². The van der Waals surface area contributed by atoms with Gasteiger partial charge in [-0.15, -0.1) is 0 Å². The Kier molecular flexibility index (Phi) is 8.55. The van der Waals surface area contributed by atoms with Crippen LogP contribution in [0.25, 0.3) is 0 Å². The van der Waals surface area contributed by atoms with Crippen LogP contribution in [0, 0.1) is 12.8 Å². The third kappa shape index (κ3) is 6.71. The lowest BCUT2D eigenvalue weighted by molar-refractivity contribution is -0.132. The molecule has 1 saturated heterocycles. The number of rotatable bonds is 9. The summed E-state index contributed by atoms with van der Waals surface area (Å²) in [5.74, 6) is 0.539. The molecule has 0 spiro atoms. The number of carbonyl (C=O) groups is 1. The van der Waals surface area contributed by atoms with Crippen molar-refractivity contribution in [1.29, 1.82) is 0 Å². The summed E-state index contributed by atoms with van der Waals surface area (Å²) in [5.41, 5.74) is 2.47. The maximum absolute atomic E-state index is 12.4. The zero-order chi connectivity index (χ0) is 18.9. The first-order chi connectivity index (χ1) is 12.5. The van der Waals surface area contributed by atoms with Crippen LogP contribution in [0.15, 0.2) is 24.3 Å². The van der Waals surface area contributed by atoms with Gasteiger partial charge in [-0.25, -0.2) is 0 Å². The Labute approximate surface area is 158 Å². The van der Waals surface area contributed by atoms with Crippen LogP contribution in [0.4, 0.5) is 0 Å². The Balaban J connectivity index is 1.93. The summed E-state index contributed by atoms with van der Waals surface area (Å²) < 4.78 is 11.2. The van der Waals surface area contributed by atoms with E-state index in [0.29, 0.717) is 19.1 Å². The summed E-state index contributed by atoms with van der Waals surface area (Å²) in [6.45, 7) is 12.7. The van der Waals surface area contributed by atoms with Crippen molar-refractivity contribution in [2.45, 2.75) is 46.3 Å². The number of hydrogen-bond donors (Lipinski definition) is 1. The smallest absolute Gasteiger partial charge is 0.248 e. The Bertz CT molecular complexity index is 539. The minimum absolute atomic E-state index is 0.0425. The minimum Gasteiger partial charge on any atom is -0.379 e. The Morgan fingerprint density at radius 3 is 2.46 bits per heavy atom. The van der Waals surface area contributed by atoms with Crippen molar-refractivity contribution >= 4 is 5.91 Å². The van der Waals surface area contributed by atoms with Gasteiger partial charge in [-0.2, -0.15) is 0 Å². The average Bonchev–Trinajstić information content (AvgIpc) is 2.63. The van der Waals surface area contributed by atoms with E-state index in [4.69, 9.17) is 9.47 Å². The predicted molar refractivity (Wildman–Crippen MR) is 104 cm³/mol. The van der Waals surface area contributed by atoms with E-state index in [1.807, 2.05) is 6.92 Å².